The van der Waals surface area contributed by atoms with E-state index in [9.17, 15) is 0 Å². The van der Waals surface area contributed by atoms with Crippen molar-refractivity contribution >= 4 is 23.1 Å². The molecule has 0 saturated carbocycles. The van der Waals surface area contributed by atoms with Crippen LogP contribution in [0, 0.1) is 6.92 Å². The van der Waals surface area contributed by atoms with Crippen LogP contribution in [0.2, 0.25) is 0 Å². The molecule has 0 bridgehead atoms. The molecule has 0 radical (unpaired) electrons. The molecular weight excluding hydrogens is 240 g/mol. The fraction of sp³-hybridized carbons (Fsp3) is 0.273. The number of para-hydroxylation sites is 1. The van der Waals surface area contributed by atoms with Gasteiger partial charge in [0.2, 0.25) is 0 Å². The molecule has 2 aromatic rings. The maximum Gasteiger partial charge on any atom is 0.174 e. The summed E-state index contributed by atoms with van der Waals surface area (Å²) in [5.74, 6) is 1.85. The smallest absolute Gasteiger partial charge is 0.174 e. The molecule has 0 aliphatic carbocycles. The van der Waals surface area contributed by atoms with Gasteiger partial charge in [0.15, 0.2) is 4.34 Å². The lowest BCUT2D eigenvalue weighted by Gasteiger charge is -2.07. The summed E-state index contributed by atoms with van der Waals surface area (Å²) in [6.45, 7) is 2.74. The van der Waals surface area contributed by atoms with Crippen LogP contribution in [-0.2, 0) is 0 Å². The van der Waals surface area contributed by atoms with E-state index >= 15 is 0 Å². The molecule has 1 heterocycles. The third-order valence-electron chi connectivity index (χ3n) is 2.00. The highest BCUT2D eigenvalue weighted by molar-refractivity contribution is 8.01. The lowest BCUT2D eigenvalue weighted by Crippen LogP contribution is -2.01. The topological polar surface area (TPSA) is 35.0 Å². The highest BCUT2D eigenvalue weighted by Gasteiger charge is 1.99. The predicted molar refractivity (Wildman–Crippen MR) is 67.3 cm³/mol. The average molecular weight is 252 g/mol. The quantitative estimate of drug-likeness (QED) is 0.605. The molecule has 0 aliphatic rings. The van der Waals surface area contributed by atoms with Gasteiger partial charge in [-0.3, -0.25) is 0 Å². The molecule has 1 aromatic carbocycles. The van der Waals surface area contributed by atoms with E-state index in [0.29, 0.717) is 6.61 Å². The van der Waals surface area contributed by atoms with Gasteiger partial charge in [-0.25, -0.2) is 0 Å². The fourth-order valence-corrected chi connectivity index (χ4v) is 2.60. The van der Waals surface area contributed by atoms with Crippen molar-refractivity contribution in [3.63, 3.8) is 0 Å². The molecule has 84 valence electrons. The summed E-state index contributed by atoms with van der Waals surface area (Å²) in [7, 11) is 0. The number of aromatic nitrogens is 2. The number of ether oxygens (including phenoxy) is 1. The molecule has 0 fully saturated rings. The van der Waals surface area contributed by atoms with Crippen molar-refractivity contribution in [1.82, 2.24) is 10.2 Å². The van der Waals surface area contributed by atoms with E-state index in [-0.39, 0.29) is 0 Å². The molecule has 0 unspecified atom stereocenters. The number of benzene rings is 1. The van der Waals surface area contributed by atoms with Gasteiger partial charge in [0.05, 0.1) is 6.61 Å². The maximum absolute atomic E-state index is 5.67. The molecule has 0 atom stereocenters. The van der Waals surface area contributed by atoms with E-state index < -0.39 is 0 Å². The third kappa shape index (κ3) is 3.21. The Labute approximate surface area is 103 Å². The Morgan fingerprint density at radius 1 is 1.38 bits per heavy atom. The van der Waals surface area contributed by atoms with Gasteiger partial charge in [0.1, 0.15) is 11.3 Å². The van der Waals surface area contributed by atoms with E-state index in [1.54, 1.807) is 28.6 Å². The van der Waals surface area contributed by atoms with Crippen molar-refractivity contribution in [2.24, 2.45) is 0 Å². The summed E-state index contributed by atoms with van der Waals surface area (Å²) in [5.41, 5.74) is 2.91. The Hall–Kier alpha value is -1.07. The number of rotatable bonds is 5. The van der Waals surface area contributed by atoms with Crippen LogP contribution in [0.15, 0.2) is 34.1 Å². The van der Waals surface area contributed by atoms with E-state index in [1.165, 1.54) is 5.56 Å². The predicted octanol–water partition coefficient (Wildman–Crippen LogP) is 3.02. The van der Waals surface area contributed by atoms with Crippen molar-refractivity contribution in [3.05, 3.63) is 35.3 Å². The number of nitrogens with zero attached hydrogens (tertiary/aromatic N) is 2. The molecule has 3 nitrogen and oxygen atoms in total. The van der Waals surface area contributed by atoms with Crippen LogP contribution >= 0.6 is 23.1 Å². The molecule has 2 rings (SSSR count). The Kier molecular flexibility index (Phi) is 4.18. The monoisotopic (exact) mass is 252 g/mol. The maximum atomic E-state index is 5.67. The molecule has 0 amide bonds. The van der Waals surface area contributed by atoms with Crippen molar-refractivity contribution in [2.75, 3.05) is 12.4 Å². The first-order chi connectivity index (χ1) is 7.86. The van der Waals surface area contributed by atoms with Crippen molar-refractivity contribution < 1.29 is 4.74 Å². The third-order valence-corrected chi connectivity index (χ3v) is 3.82. The SMILES string of the molecule is Cc1ccccc1OCCSc1nncs1. The first-order valence-electron chi connectivity index (χ1n) is 4.93. The molecule has 0 saturated heterocycles. The van der Waals surface area contributed by atoms with Gasteiger partial charge in [0, 0.05) is 5.75 Å². The number of thioether (sulfide) groups is 1. The summed E-state index contributed by atoms with van der Waals surface area (Å²) in [5, 5.41) is 7.73. The van der Waals surface area contributed by atoms with Crippen LogP contribution in [0.25, 0.3) is 0 Å². The molecule has 0 spiro atoms. The van der Waals surface area contributed by atoms with Gasteiger partial charge in [-0.2, -0.15) is 0 Å². The van der Waals surface area contributed by atoms with Crippen molar-refractivity contribution in [2.45, 2.75) is 11.3 Å². The highest BCUT2D eigenvalue weighted by Crippen LogP contribution is 2.20. The van der Waals surface area contributed by atoms with Crippen LogP contribution in [0.1, 0.15) is 5.56 Å². The zero-order chi connectivity index (χ0) is 11.2. The number of hydrogen-bond donors (Lipinski definition) is 0. The zero-order valence-electron chi connectivity index (χ0n) is 8.92. The Morgan fingerprint density at radius 2 is 2.25 bits per heavy atom. The van der Waals surface area contributed by atoms with Crippen LogP contribution < -0.4 is 4.74 Å². The molecule has 1 aromatic heterocycles. The average Bonchev–Trinajstić information content (AvgIpc) is 2.79. The zero-order valence-corrected chi connectivity index (χ0v) is 10.6. The van der Waals surface area contributed by atoms with Gasteiger partial charge >= 0.3 is 0 Å². The summed E-state index contributed by atoms with van der Waals surface area (Å²) in [4.78, 5) is 0. The fourth-order valence-electron chi connectivity index (χ4n) is 1.22. The summed E-state index contributed by atoms with van der Waals surface area (Å²) in [6.07, 6.45) is 0. The largest absolute Gasteiger partial charge is 0.492 e. The van der Waals surface area contributed by atoms with Crippen LogP contribution in [-0.4, -0.2) is 22.6 Å². The van der Waals surface area contributed by atoms with Crippen LogP contribution in [0.4, 0.5) is 0 Å². The Balaban J connectivity index is 1.74. The Morgan fingerprint density at radius 3 is 3.00 bits per heavy atom. The first kappa shape index (κ1) is 11.4. The van der Waals surface area contributed by atoms with E-state index in [4.69, 9.17) is 4.74 Å². The van der Waals surface area contributed by atoms with Gasteiger partial charge in [-0.05, 0) is 18.6 Å². The minimum absolute atomic E-state index is 0.690. The van der Waals surface area contributed by atoms with Crippen molar-refractivity contribution in [1.29, 1.82) is 0 Å². The second kappa shape index (κ2) is 5.86. The summed E-state index contributed by atoms with van der Waals surface area (Å²) >= 11 is 3.23. The van der Waals surface area contributed by atoms with Crippen LogP contribution in [0.3, 0.4) is 0 Å². The first-order valence-corrected chi connectivity index (χ1v) is 6.80. The lowest BCUT2D eigenvalue weighted by atomic mass is 10.2. The summed E-state index contributed by atoms with van der Waals surface area (Å²) < 4.78 is 6.66. The number of aryl methyl sites for hydroxylation is 1. The van der Waals surface area contributed by atoms with Gasteiger partial charge in [0.25, 0.3) is 0 Å². The van der Waals surface area contributed by atoms with E-state index in [2.05, 4.69) is 10.2 Å². The number of hydrogen-bond acceptors (Lipinski definition) is 5. The second-order valence-corrected chi connectivity index (χ2v) is 5.34. The molecule has 5 heteroatoms. The Bertz CT molecular complexity index is 431. The molecular formula is C11H12N2OS2. The molecule has 0 N–H and O–H groups in total. The summed E-state index contributed by atoms with van der Waals surface area (Å²) in [6, 6.07) is 8.04. The van der Waals surface area contributed by atoms with Crippen LogP contribution in [0.5, 0.6) is 5.75 Å². The normalized spacial score (nSPS) is 10.3. The van der Waals surface area contributed by atoms with E-state index in [1.807, 2.05) is 31.2 Å². The minimum atomic E-state index is 0.690. The van der Waals surface area contributed by atoms with E-state index in [0.717, 1.165) is 15.8 Å². The molecule has 16 heavy (non-hydrogen) atoms. The second-order valence-electron chi connectivity index (χ2n) is 3.17. The van der Waals surface area contributed by atoms with Crippen molar-refractivity contribution in [3.8, 4) is 5.75 Å². The van der Waals surface area contributed by atoms with Gasteiger partial charge in [-0.1, -0.05) is 41.3 Å². The van der Waals surface area contributed by atoms with Gasteiger partial charge in [-0.15, -0.1) is 10.2 Å². The lowest BCUT2D eigenvalue weighted by molar-refractivity contribution is 0.341. The minimum Gasteiger partial charge on any atom is -0.492 e. The highest BCUT2D eigenvalue weighted by atomic mass is 32.2. The molecule has 0 aliphatic heterocycles. The van der Waals surface area contributed by atoms with Gasteiger partial charge < -0.3 is 4.74 Å². The standard InChI is InChI=1S/C11H12N2OS2/c1-9-4-2-3-5-10(9)14-6-7-15-11-13-12-8-16-11/h2-5,8H,6-7H2,1H3.